The van der Waals surface area contributed by atoms with Crippen molar-refractivity contribution in [2.75, 3.05) is 26.8 Å². The molecule has 0 amide bonds. The minimum atomic E-state index is 0.124. The van der Waals surface area contributed by atoms with Gasteiger partial charge >= 0.3 is 0 Å². The van der Waals surface area contributed by atoms with Crippen LogP contribution >= 0.6 is 0 Å². The standard InChI is InChI=1S/C14H30N2O/c1-7-12-9-16(14(4,5)10-17-6)13(8-15-12)11(2)3/h11-13,15H,7-10H2,1-6H3. The fourth-order valence-electron chi connectivity index (χ4n) is 2.84. The summed E-state index contributed by atoms with van der Waals surface area (Å²) in [5.41, 5.74) is 0.124. The number of hydrogen-bond acceptors (Lipinski definition) is 3. The van der Waals surface area contributed by atoms with Crippen LogP contribution in [0, 0.1) is 5.92 Å². The Kier molecular flexibility index (Phi) is 5.42. The summed E-state index contributed by atoms with van der Waals surface area (Å²) in [6.45, 7) is 14.5. The number of methoxy groups -OCH3 is 1. The van der Waals surface area contributed by atoms with Crippen LogP contribution in [-0.2, 0) is 4.74 Å². The van der Waals surface area contributed by atoms with Crippen molar-refractivity contribution in [1.82, 2.24) is 10.2 Å². The van der Waals surface area contributed by atoms with E-state index < -0.39 is 0 Å². The van der Waals surface area contributed by atoms with Crippen molar-refractivity contribution in [2.24, 2.45) is 5.92 Å². The lowest BCUT2D eigenvalue weighted by atomic mass is 9.91. The number of nitrogens with one attached hydrogen (secondary N) is 1. The third-order valence-corrected chi connectivity index (χ3v) is 3.97. The summed E-state index contributed by atoms with van der Waals surface area (Å²) in [5, 5.41) is 3.66. The van der Waals surface area contributed by atoms with Crippen LogP contribution in [0.25, 0.3) is 0 Å². The predicted molar refractivity (Wildman–Crippen MR) is 73.4 cm³/mol. The third-order valence-electron chi connectivity index (χ3n) is 3.97. The quantitative estimate of drug-likeness (QED) is 0.799. The average molecular weight is 242 g/mol. The van der Waals surface area contributed by atoms with Gasteiger partial charge in [0, 0.05) is 37.8 Å². The van der Waals surface area contributed by atoms with Gasteiger partial charge < -0.3 is 10.1 Å². The number of rotatable bonds is 5. The number of nitrogens with zero attached hydrogens (tertiary/aromatic N) is 1. The first-order chi connectivity index (χ1) is 7.92. The van der Waals surface area contributed by atoms with Crippen LogP contribution in [0.1, 0.15) is 41.0 Å². The van der Waals surface area contributed by atoms with Crippen LogP contribution in [0.15, 0.2) is 0 Å². The monoisotopic (exact) mass is 242 g/mol. The Bertz CT molecular complexity index is 228. The van der Waals surface area contributed by atoms with Crippen LogP contribution in [0.2, 0.25) is 0 Å². The zero-order chi connectivity index (χ0) is 13.1. The molecule has 102 valence electrons. The summed E-state index contributed by atoms with van der Waals surface area (Å²) in [5.74, 6) is 0.677. The van der Waals surface area contributed by atoms with Crippen LogP contribution in [0.4, 0.5) is 0 Å². The SMILES string of the molecule is CCC1CN(C(C)(C)COC)C(C(C)C)CN1. The van der Waals surface area contributed by atoms with E-state index in [0.717, 1.165) is 19.7 Å². The maximum absolute atomic E-state index is 5.39. The van der Waals surface area contributed by atoms with Crippen molar-refractivity contribution in [3.05, 3.63) is 0 Å². The molecular formula is C14H30N2O. The molecule has 0 saturated carbocycles. The van der Waals surface area contributed by atoms with E-state index in [1.165, 1.54) is 6.42 Å². The minimum Gasteiger partial charge on any atom is -0.383 e. The van der Waals surface area contributed by atoms with Gasteiger partial charge in [-0.25, -0.2) is 0 Å². The highest BCUT2D eigenvalue weighted by atomic mass is 16.5. The molecule has 1 heterocycles. The Morgan fingerprint density at radius 2 is 2.06 bits per heavy atom. The van der Waals surface area contributed by atoms with Crippen molar-refractivity contribution in [1.29, 1.82) is 0 Å². The zero-order valence-corrected chi connectivity index (χ0v) is 12.4. The van der Waals surface area contributed by atoms with E-state index >= 15 is 0 Å². The topological polar surface area (TPSA) is 24.5 Å². The van der Waals surface area contributed by atoms with Crippen molar-refractivity contribution in [2.45, 2.75) is 58.7 Å². The van der Waals surface area contributed by atoms with E-state index in [4.69, 9.17) is 4.74 Å². The van der Waals surface area contributed by atoms with Gasteiger partial charge in [-0.1, -0.05) is 20.8 Å². The van der Waals surface area contributed by atoms with Crippen molar-refractivity contribution in [3.8, 4) is 0 Å². The van der Waals surface area contributed by atoms with Gasteiger partial charge in [-0.2, -0.15) is 0 Å². The zero-order valence-electron chi connectivity index (χ0n) is 12.4. The van der Waals surface area contributed by atoms with Gasteiger partial charge in [0.25, 0.3) is 0 Å². The molecule has 0 aromatic rings. The predicted octanol–water partition coefficient (Wildman–Crippen LogP) is 2.12. The molecule has 3 nitrogen and oxygen atoms in total. The van der Waals surface area contributed by atoms with Crippen molar-refractivity contribution in [3.63, 3.8) is 0 Å². The molecule has 1 aliphatic rings. The lowest BCUT2D eigenvalue weighted by Crippen LogP contribution is -2.65. The summed E-state index contributed by atoms with van der Waals surface area (Å²) in [4.78, 5) is 2.64. The molecule has 0 spiro atoms. The molecule has 0 radical (unpaired) electrons. The van der Waals surface area contributed by atoms with Crippen molar-refractivity contribution < 1.29 is 4.74 Å². The summed E-state index contributed by atoms with van der Waals surface area (Å²) in [6.07, 6.45) is 1.20. The Hall–Kier alpha value is -0.120. The molecule has 1 aliphatic heterocycles. The van der Waals surface area contributed by atoms with E-state index in [1.807, 2.05) is 0 Å². The second kappa shape index (κ2) is 6.17. The summed E-state index contributed by atoms with van der Waals surface area (Å²) in [7, 11) is 1.80. The second-order valence-electron chi connectivity index (χ2n) is 6.22. The van der Waals surface area contributed by atoms with Crippen LogP contribution in [0.3, 0.4) is 0 Å². The van der Waals surface area contributed by atoms with Gasteiger partial charge in [0.15, 0.2) is 0 Å². The molecule has 1 saturated heterocycles. The summed E-state index contributed by atoms with van der Waals surface area (Å²) in [6, 6.07) is 1.24. The number of hydrogen-bond donors (Lipinski definition) is 1. The lowest BCUT2D eigenvalue weighted by molar-refractivity contribution is -0.0305. The van der Waals surface area contributed by atoms with E-state index in [0.29, 0.717) is 18.0 Å². The Morgan fingerprint density at radius 3 is 2.53 bits per heavy atom. The third kappa shape index (κ3) is 3.67. The molecule has 1 fully saturated rings. The van der Waals surface area contributed by atoms with Gasteiger partial charge in [0.1, 0.15) is 0 Å². The molecule has 1 N–H and O–H groups in total. The highest BCUT2D eigenvalue weighted by Crippen LogP contribution is 2.25. The normalized spacial score (nSPS) is 27.7. The van der Waals surface area contributed by atoms with Gasteiger partial charge in [-0.15, -0.1) is 0 Å². The molecule has 0 aromatic heterocycles. The lowest BCUT2D eigenvalue weighted by Gasteiger charge is -2.50. The highest BCUT2D eigenvalue weighted by molar-refractivity contribution is 4.95. The maximum Gasteiger partial charge on any atom is 0.0641 e. The van der Waals surface area contributed by atoms with Crippen LogP contribution < -0.4 is 5.32 Å². The van der Waals surface area contributed by atoms with E-state index in [1.54, 1.807) is 7.11 Å². The smallest absolute Gasteiger partial charge is 0.0641 e. The van der Waals surface area contributed by atoms with Crippen LogP contribution in [0.5, 0.6) is 0 Å². The van der Waals surface area contributed by atoms with E-state index in [9.17, 15) is 0 Å². The molecule has 0 aromatic carbocycles. The molecule has 2 unspecified atom stereocenters. The first-order valence-electron chi connectivity index (χ1n) is 6.91. The summed E-state index contributed by atoms with van der Waals surface area (Å²) >= 11 is 0. The molecule has 0 aliphatic carbocycles. The van der Waals surface area contributed by atoms with Crippen LogP contribution in [-0.4, -0.2) is 49.3 Å². The fourth-order valence-corrected chi connectivity index (χ4v) is 2.84. The molecule has 1 rings (SSSR count). The molecule has 17 heavy (non-hydrogen) atoms. The molecular weight excluding hydrogens is 212 g/mol. The van der Waals surface area contributed by atoms with E-state index in [2.05, 4.69) is 44.8 Å². The first kappa shape index (κ1) is 14.9. The Balaban J connectivity index is 2.79. The second-order valence-corrected chi connectivity index (χ2v) is 6.22. The molecule has 2 atom stereocenters. The fraction of sp³-hybridized carbons (Fsp3) is 1.00. The van der Waals surface area contributed by atoms with Gasteiger partial charge in [0.05, 0.1) is 6.61 Å². The van der Waals surface area contributed by atoms with Gasteiger partial charge in [-0.3, -0.25) is 4.90 Å². The van der Waals surface area contributed by atoms with Gasteiger partial charge in [-0.05, 0) is 26.2 Å². The van der Waals surface area contributed by atoms with Crippen molar-refractivity contribution >= 4 is 0 Å². The maximum atomic E-state index is 5.39. The number of piperazine rings is 1. The largest absolute Gasteiger partial charge is 0.383 e. The Morgan fingerprint density at radius 1 is 1.41 bits per heavy atom. The van der Waals surface area contributed by atoms with Gasteiger partial charge in [0.2, 0.25) is 0 Å². The van der Waals surface area contributed by atoms with E-state index in [-0.39, 0.29) is 5.54 Å². The highest BCUT2D eigenvalue weighted by Gasteiger charge is 2.38. The molecule has 3 heteroatoms. The number of ether oxygens (including phenoxy) is 1. The summed E-state index contributed by atoms with van der Waals surface area (Å²) < 4.78 is 5.39. The minimum absolute atomic E-state index is 0.124. The first-order valence-corrected chi connectivity index (χ1v) is 6.91. The average Bonchev–Trinajstić information content (AvgIpc) is 2.28. The Labute approximate surface area is 107 Å². The molecule has 0 bridgehead atoms.